The Morgan fingerprint density at radius 2 is 1.90 bits per heavy atom. The van der Waals surface area contributed by atoms with Crippen LogP contribution in [-0.4, -0.2) is 16.1 Å². The molecule has 3 aliphatic carbocycles. The number of aliphatic carboxylic acids is 1. The summed E-state index contributed by atoms with van der Waals surface area (Å²) in [5.74, 6) is -0.699. The largest absolute Gasteiger partial charge is 0.481 e. The third-order valence-electron chi connectivity index (χ3n) is 4.95. The zero-order chi connectivity index (χ0) is 13.9. The molecule has 1 N–H and O–H groups in total. The molecule has 100 valence electrons. The number of hydrogen-bond donors (Lipinski definition) is 1. The van der Waals surface area contributed by atoms with E-state index in [0.717, 1.165) is 16.8 Å². The molecular formula is C17H15NO2. The van der Waals surface area contributed by atoms with Crippen molar-refractivity contribution >= 4 is 5.97 Å². The van der Waals surface area contributed by atoms with Gasteiger partial charge in [0.15, 0.2) is 0 Å². The lowest BCUT2D eigenvalue weighted by Gasteiger charge is -2.48. The quantitative estimate of drug-likeness (QED) is 0.861. The van der Waals surface area contributed by atoms with Crippen LogP contribution in [0, 0.1) is 5.41 Å². The van der Waals surface area contributed by atoms with Crippen molar-refractivity contribution in [2.75, 3.05) is 0 Å². The van der Waals surface area contributed by atoms with Crippen LogP contribution in [0.15, 0.2) is 42.6 Å². The molecule has 3 atom stereocenters. The molecule has 0 aliphatic heterocycles. The van der Waals surface area contributed by atoms with Gasteiger partial charge in [0.1, 0.15) is 0 Å². The van der Waals surface area contributed by atoms with Crippen molar-refractivity contribution in [1.82, 2.24) is 4.98 Å². The molecule has 0 spiro atoms. The highest BCUT2D eigenvalue weighted by molar-refractivity contribution is 5.79. The smallest absolute Gasteiger partial charge is 0.310 e. The number of fused-ring (bicyclic) bond motifs is 1. The summed E-state index contributed by atoms with van der Waals surface area (Å²) < 4.78 is 0. The minimum absolute atomic E-state index is 0.0927. The lowest BCUT2D eigenvalue weighted by atomic mass is 9.54. The molecule has 2 bridgehead atoms. The van der Waals surface area contributed by atoms with Crippen LogP contribution in [0.5, 0.6) is 0 Å². The predicted octanol–water partition coefficient (Wildman–Crippen LogP) is 3.15. The molecule has 2 unspecified atom stereocenters. The zero-order valence-corrected chi connectivity index (χ0v) is 11.2. The highest BCUT2D eigenvalue weighted by Gasteiger charge is 2.54. The first-order valence-electron chi connectivity index (χ1n) is 6.90. The maximum absolute atomic E-state index is 11.9. The highest BCUT2D eigenvalue weighted by Crippen LogP contribution is 2.60. The van der Waals surface area contributed by atoms with Crippen LogP contribution in [0.3, 0.4) is 0 Å². The summed E-state index contributed by atoms with van der Waals surface area (Å²) in [6.07, 6.45) is 2.44. The molecule has 3 heteroatoms. The standard InChI is InChI=1S/C17H15NO2/c1-17(16(19)20)9-13-10-5-2-3-6-11(10)14(17)12-7-4-8-18-15(12)13/h2-8,13-14H,9H2,1H3,(H,19,20)/t13?,14-,17?/m1/s1. The van der Waals surface area contributed by atoms with Crippen LogP contribution in [0.25, 0.3) is 0 Å². The molecule has 0 saturated heterocycles. The molecule has 0 radical (unpaired) electrons. The molecular weight excluding hydrogens is 250 g/mol. The first-order valence-corrected chi connectivity index (χ1v) is 6.90. The second-order valence-electron chi connectivity index (χ2n) is 6.02. The summed E-state index contributed by atoms with van der Waals surface area (Å²) in [5, 5.41) is 9.75. The van der Waals surface area contributed by atoms with Gasteiger partial charge in [-0.2, -0.15) is 0 Å². The molecule has 0 amide bonds. The Morgan fingerprint density at radius 3 is 2.65 bits per heavy atom. The normalized spacial score (nSPS) is 29.6. The van der Waals surface area contributed by atoms with Crippen molar-refractivity contribution < 1.29 is 9.90 Å². The Bertz CT molecular complexity index is 677. The summed E-state index contributed by atoms with van der Waals surface area (Å²) in [6, 6.07) is 12.2. The number of carboxylic acids is 1. The minimum Gasteiger partial charge on any atom is -0.481 e. The molecule has 3 nitrogen and oxygen atoms in total. The van der Waals surface area contributed by atoms with Crippen LogP contribution in [-0.2, 0) is 4.79 Å². The van der Waals surface area contributed by atoms with E-state index in [2.05, 4.69) is 17.1 Å². The third-order valence-corrected chi connectivity index (χ3v) is 4.95. The van der Waals surface area contributed by atoms with Gasteiger partial charge in [0.2, 0.25) is 0 Å². The van der Waals surface area contributed by atoms with Crippen molar-refractivity contribution in [3.63, 3.8) is 0 Å². The van der Waals surface area contributed by atoms with Crippen molar-refractivity contribution in [2.45, 2.75) is 25.2 Å². The number of pyridine rings is 1. The fourth-order valence-electron chi connectivity index (χ4n) is 4.02. The van der Waals surface area contributed by atoms with Gasteiger partial charge in [-0.15, -0.1) is 0 Å². The van der Waals surface area contributed by atoms with E-state index in [1.165, 1.54) is 5.56 Å². The maximum atomic E-state index is 11.9. The van der Waals surface area contributed by atoms with E-state index < -0.39 is 11.4 Å². The van der Waals surface area contributed by atoms with Crippen LogP contribution in [0.1, 0.15) is 47.6 Å². The number of rotatable bonds is 1. The summed E-state index contributed by atoms with van der Waals surface area (Å²) in [6.45, 7) is 1.87. The van der Waals surface area contributed by atoms with Crippen molar-refractivity contribution in [3.8, 4) is 0 Å². The first-order chi connectivity index (χ1) is 9.63. The zero-order valence-electron chi connectivity index (χ0n) is 11.2. The monoisotopic (exact) mass is 265 g/mol. The molecule has 1 aromatic heterocycles. The van der Waals surface area contributed by atoms with Crippen molar-refractivity contribution in [3.05, 3.63) is 65.0 Å². The average molecular weight is 265 g/mol. The summed E-state index contributed by atoms with van der Waals surface area (Å²) in [7, 11) is 0. The van der Waals surface area contributed by atoms with E-state index in [-0.39, 0.29) is 11.8 Å². The van der Waals surface area contributed by atoms with Gasteiger partial charge in [-0.3, -0.25) is 9.78 Å². The SMILES string of the molecule is CC1(C(=O)O)CC2c3ccccc3[C@@H]1c1cccnc12. The third kappa shape index (κ3) is 1.25. The Balaban J connectivity index is 2.05. The van der Waals surface area contributed by atoms with Crippen molar-refractivity contribution in [1.29, 1.82) is 0 Å². The van der Waals surface area contributed by atoms with E-state index in [9.17, 15) is 9.90 Å². The van der Waals surface area contributed by atoms with Gasteiger partial charge < -0.3 is 5.11 Å². The van der Waals surface area contributed by atoms with Gasteiger partial charge >= 0.3 is 5.97 Å². The van der Waals surface area contributed by atoms with Gasteiger partial charge in [-0.1, -0.05) is 30.3 Å². The highest BCUT2D eigenvalue weighted by atomic mass is 16.4. The van der Waals surface area contributed by atoms with Crippen LogP contribution in [0.2, 0.25) is 0 Å². The average Bonchev–Trinajstić information content (AvgIpc) is 2.47. The summed E-state index contributed by atoms with van der Waals surface area (Å²) in [4.78, 5) is 16.4. The van der Waals surface area contributed by atoms with Gasteiger partial charge in [-0.05, 0) is 36.1 Å². The number of nitrogens with zero attached hydrogens (tertiary/aromatic N) is 1. The fourth-order valence-corrected chi connectivity index (χ4v) is 4.02. The molecule has 0 fully saturated rings. The summed E-state index contributed by atoms with van der Waals surface area (Å²) >= 11 is 0. The molecule has 1 heterocycles. The topological polar surface area (TPSA) is 50.2 Å². The number of hydrogen-bond acceptors (Lipinski definition) is 2. The number of carboxylic acid groups (broad SMARTS) is 1. The fraction of sp³-hybridized carbons (Fsp3) is 0.294. The van der Waals surface area contributed by atoms with Gasteiger partial charge in [0.25, 0.3) is 0 Å². The predicted molar refractivity (Wildman–Crippen MR) is 74.7 cm³/mol. The molecule has 3 aliphatic rings. The number of carbonyl (C=O) groups is 1. The summed E-state index contributed by atoms with van der Waals surface area (Å²) in [5.41, 5.74) is 3.83. The molecule has 5 rings (SSSR count). The Kier molecular flexibility index (Phi) is 2.15. The molecule has 2 aromatic rings. The van der Waals surface area contributed by atoms with Gasteiger partial charge in [0, 0.05) is 18.0 Å². The molecule has 1 aromatic carbocycles. The van der Waals surface area contributed by atoms with E-state index in [0.29, 0.717) is 6.42 Å². The number of aromatic nitrogens is 1. The van der Waals surface area contributed by atoms with E-state index >= 15 is 0 Å². The Morgan fingerprint density at radius 1 is 1.20 bits per heavy atom. The maximum Gasteiger partial charge on any atom is 0.310 e. The van der Waals surface area contributed by atoms with E-state index in [4.69, 9.17) is 0 Å². The van der Waals surface area contributed by atoms with E-state index in [1.54, 1.807) is 6.20 Å². The van der Waals surface area contributed by atoms with Crippen molar-refractivity contribution in [2.24, 2.45) is 5.41 Å². The lowest BCUT2D eigenvalue weighted by Crippen LogP contribution is -2.45. The van der Waals surface area contributed by atoms with Gasteiger partial charge in [0.05, 0.1) is 11.1 Å². The second kappa shape index (κ2) is 3.69. The van der Waals surface area contributed by atoms with Gasteiger partial charge in [-0.25, -0.2) is 0 Å². The first kappa shape index (κ1) is 11.6. The van der Waals surface area contributed by atoms with Crippen LogP contribution < -0.4 is 0 Å². The Labute approximate surface area is 117 Å². The van der Waals surface area contributed by atoms with E-state index in [1.807, 2.05) is 31.2 Å². The molecule has 0 saturated carbocycles. The second-order valence-corrected chi connectivity index (χ2v) is 6.02. The van der Waals surface area contributed by atoms with Crippen LogP contribution in [0.4, 0.5) is 0 Å². The number of benzene rings is 1. The molecule has 20 heavy (non-hydrogen) atoms. The minimum atomic E-state index is -0.741. The lowest BCUT2D eigenvalue weighted by molar-refractivity contribution is -0.150. The Hall–Kier alpha value is -2.16. The van der Waals surface area contributed by atoms with Crippen LogP contribution >= 0.6 is 0 Å².